The molecule has 1 aliphatic heterocycles. The van der Waals surface area contributed by atoms with Gasteiger partial charge in [0.1, 0.15) is 0 Å². The summed E-state index contributed by atoms with van der Waals surface area (Å²) in [5.41, 5.74) is 1.86. The van der Waals surface area contributed by atoms with Crippen molar-refractivity contribution in [3.05, 3.63) is 36.0 Å². The van der Waals surface area contributed by atoms with E-state index in [1.807, 2.05) is 30.5 Å². The van der Waals surface area contributed by atoms with E-state index in [4.69, 9.17) is 0 Å². The highest BCUT2D eigenvalue weighted by Crippen LogP contribution is 2.20. The Morgan fingerprint density at radius 2 is 2.28 bits per heavy atom. The average Bonchev–Trinajstić information content (AvgIpc) is 2.95. The molecule has 1 saturated heterocycles. The summed E-state index contributed by atoms with van der Waals surface area (Å²) in [5.74, 6) is 0.947. The number of carbonyl (C=O) groups is 1. The number of para-hydroxylation sites is 1. The Morgan fingerprint density at radius 1 is 1.44 bits per heavy atom. The number of hydrogen-bond donors (Lipinski definition) is 1. The Balaban J connectivity index is 1.80. The molecule has 3 rings (SSSR count). The monoisotopic (exact) mass is 242 g/mol. The number of aromatic nitrogens is 1. The van der Waals surface area contributed by atoms with Gasteiger partial charge in [-0.05, 0) is 24.9 Å². The van der Waals surface area contributed by atoms with Gasteiger partial charge in [0.15, 0.2) is 5.78 Å². The van der Waals surface area contributed by atoms with Crippen LogP contribution in [-0.2, 0) is 0 Å². The summed E-state index contributed by atoms with van der Waals surface area (Å²) in [4.78, 5) is 17.7. The summed E-state index contributed by atoms with van der Waals surface area (Å²) in [7, 11) is 0. The van der Waals surface area contributed by atoms with E-state index in [9.17, 15) is 4.79 Å². The van der Waals surface area contributed by atoms with Crippen molar-refractivity contribution in [2.75, 3.05) is 19.6 Å². The third-order valence-corrected chi connectivity index (χ3v) is 3.76. The number of aromatic amines is 1. The number of likely N-dealkylation sites (tertiary alicyclic amines) is 1. The zero-order valence-corrected chi connectivity index (χ0v) is 10.6. The Kier molecular flexibility index (Phi) is 2.92. The van der Waals surface area contributed by atoms with Gasteiger partial charge in [0, 0.05) is 29.2 Å². The van der Waals surface area contributed by atoms with Gasteiger partial charge >= 0.3 is 0 Å². The highest BCUT2D eigenvalue weighted by Gasteiger charge is 2.22. The molecule has 3 nitrogen and oxygen atoms in total. The van der Waals surface area contributed by atoms with Gasteiger partial charge in [-0.1, -0.05) is 25.1 Å². The molecule has 0 bridgehead atoms. The van der Waals surface area contributed by atoms with Crippen molar-refractivity contribution in [2.45, 2.75) is 13.3 Å². The molecule has 1 atom stereocenters. The zero-order valence-electron chi connectivity index (χ0n) is 10.6. The van der Waals surface area contributed by atoms with Gasteiger partial charge in [0.25, 0.3) is 0 Å². The summed E-state index contributed by atoms with van der Waals surface area (Å²) in [5, 5.41) is 1.04. The zero-order chi connectivity index (χ0) is 12.5. The van der Waals surface area contributed by atoms with E-state index in [1.165, 1.54) is 6.42 Å². The average molecular weight is 242 g/mol. The van der Waals surface area contributed by atoms with E-state index in [1.54, 1.807) is 0 Å². The first-order valence-electron chi connectivity index (χ1n) is 6.55. The van der Waals surface area contributed by atoms with Crippen LogP contribution in [0.5, 0.6) is 0 Å². The molecule has 94 valence electrons. The molecule has 0 radical (unpaired) electrons. The van der Waals surface area contributed by atoms with Crippen LogP contribution in [0.15, 0.2) is 30.5 Å². The van der Waals surface area contributed by atoms with Crippen LogP contribution in [0, 0.1) is 5.92 Å². The molecular formula is C15H18N2O. The molecule has 18 heavy (non-hydrogen) atoms. The quantitative estimate of drug-likeness (QED) is 0.840. The molecule has 1 aliphatic rings. The Labute approximate surface area is 107 Å². The fraction of sp³-hybridized carbons (Fsp3) is 0.400. The third kappa shape index (κ3) is 2.06. The van der Waals surface area contributed by atoms with E-state index in [2.05, 4.69) is 16.8 Å². The van der Waals surface area contributed by atoms with Crippen LogP contribution in [0.4, 0.5) is 0 Å². The molecule has 0 amide bonds. The van der Waals surface area contributed by atoms with Crippen molar-refractivity contribution in [1.29, 1.82) is 0 Å². The number of Topliss-reactive ketones (excluding diaryl/α,β-unsaturated/α-hetero) is 1. The third-order valence-electron chi connectivity index (χ3n) is 3.76. The summed E-state index contributed by atoms with van der Waals surface area (Å²) in [6, 6.07) is 7.97. The van der Waals surface area contributed by atoms with Crippen molar-refractivity contribution in [3.8, 4) is 0 Å². The summed E-state index contributed by atoms with van der Waals surface area (Å²) in [6.45, 7) is 4.89. The number of nitrogens with zero attached hydrogens (tertiary/aromatic N) is 1. The molecule has 1 unspecified atom stereocenters. The molecule has 0 spiro atoms. The highest BCUT2D eigenvalue weighted by molar-refractivity contribution is 6.08. The van der Waals surface area contributed by atoms with Crippen LogP contribution in [0.1, 0.15) is 23.7 Å². The van der Waals surface area contributed by atoms with E-state index >= 15 is 0 Å². The number of hydrogen-bond acceptors (Lipinski definition) is 2. The summed E-state index contributed by atoms with van der Waals surface area (Å²) in [6.07, 6.45) is 3.05. The Hall–Kier alpha value is -1.61. The Morgan fingerprint density at radius 3 is 3.06 bits per heavy atom. The summed E-state index contributed by atoms with van der Waals surface area (Å²) < 4.78 is 0. The van der Waals surface area contributed by atoms with Gasteiger partial charge in [-0.3, -0.25) is 9.69 Å². The topological polar surface area (TPSA) is 36.1 Å². The molecular weight excluding hydrogens is 224 g/mol. The number of ketones is 1. The van der Waals surface area contributed by atoms with Crippen LogP contribution in [0.2, 0.25) is 0 Å². The molecule has 0 aliphatic carbocycles. The number of H-pyrrole nitrogens is 1. The van der Waals surface area contributed by atoms with Gasteiger partial charge in [0.2, 0.25) is 0 Å². The fourth-order valence-corrected chi connectivity index (χ4v) is 2.76. The maximum absolute atomic E-state index is 12.3. The normalized spacial score (nSPS) is 20.6. The molecule has 1 fully saturated rings. The van der Waals surface area contributed by atoms with Gasteiger partial charge in [-0.2, -0.15) is 0 Å². The minimum atomic E-state index is 0.224. The predicted octanol–water partition coefficient (Wildman–Crippen LogP) is 2.69. The second kappa shape index (κ2) is 4.58. The number of benzene rings is 1. The highest BCUT2D eigenvalue weighted by atomic mass is 16.1. The second-order valence-corrected chi connectivity index (χ2v) is 5.30. The molecule has 2 heterocycles. The minimum absolute atomic E-state index is 0.224. The van der Waals surface area contributed by atoms with Gasteiger partial charge in [-0.25, -0.2) is 0 Å². The van der Waals surface area contributed by atoms with Crippen LogP contribution < -0.4 is 0 Å². The number of rotatable bonds is 3. The lowest BCUT2D eigenvalue weighted by molar-refractivity contribution is 0.0945. The largest absolute Gasteiger partial charge is 0.360 e. The fourth-order valence-electron chi connectivity index (χ4n) is 2.76. The van der Waals surface area contributed by atoms with Crippen LogP contribution >= 0.6 is 0 Å². The van der Waals surface area contributed by atoms with Crippen molar-refractivity contribution in [1.82, 2.24) is 9.88 Å². The predicted molar refractivity (Wildman–Crippen MR) is 72.9 cm³/mol. The summed E-state index contributed by atoms with van der Waals surface area (Å²) >= 11 is 0. The van der Waals surface area contributed by atoms with Crippen molar-refractivity contribution < 1.29 is 4.79 Å². The van der Waals surface area contributed by atoms with E-state index in [0.29, 0.717) is 6.54 Å². The first kappa shape index (κ1) is 11.5. The van der Waals surface area contributed by atoms with E-state index in [-0.39, 0.29) is 5.78 Å². The molecule has 2 aromatic rings. The first-order valence-corrected chi connectivity index (χ1v) is 6.55. The van der Waals surface area contributed by atoms with Gasteiger partial charge < -0.3 is 4.98 Å². The number of nitrogens with one attached hydrogen (secondary N) is 1. The number of fused-ring (bicyclic) bond motifs is 1. The Bertz CT molecular complexity index is 573. The molecule has 1 aromatic carbocycles. The maximum atomic E-state index is 12.3. The first-order chi connectivity index (χ1) is 8.74. The SMILES string of the molecule is CC1CCN(CC(=O)c2c[nH]c3ccccc23)C1. The molecule has 1 N–H and O–H groups in total. The molecule has 0 saturated carbocycles. The smallest absolute Gasteiger partial charge is 0.178 e. The van der Waals surface area contributed by atoms with Crippen molar-refractivity contribution in [2.24, 2.45) is 5.92 Å². The van der Waals surface area contributed by atoms with Gasteiger partial charge in [0.05, 0.1) is 6.54 Å². The van der Waals surface area contributed by atoms with Gasteiger partial charge in [-0.15, -0.1) is 0 Å². The lowest BCUT2D eigenvalue weighted by Gasteiger charge is -2.13. The molecule has 1 aromatic heterocycles. The van der Waals surface area contributed by atoms with Crippen LogP contribution in [0.3, 0.4) is 0 Å². The lowest BCUT2D eigenvalue weighted by atomic mass is 10.1. The van der Waals surface area contributed by atoms with Crippen LogP contribution in [-0.4, -0.2) is 35.3 Å². The molecule has 3 heteroatoms. The minimum Gasteiger partial charge on any atom is -0.360 e. The van der Waals surface area contributed by atoms with Crippen molar-refractivity contribution in [3.63, 3.8) is 0 Å². The van der Waals surface area contributed by atoms with E-state index in [0.717, 1.165) is 35.5 Å². The second-order valence-electron chi connectivity index (χ2n) is 5.30. The van der Waals surface area contributed by atoms with E-state index < -0.39 is 0 Å². The van der Waals surface area contributed by atoms with Crippen molar-refractivity contribution >= 4 is 16.7 Å². The van der Waals surface area contributed by atoms with Crippen LogP contribution in [0.25, 0.3) is 10.9 Å². The standard InChI is InChI=1S/C15H18N2O/c1-11-6-7-17(9-11)10-15(18)13-8-16-14-5-3-2-4-12(13)14/h2-5,8,11,16H,6-7,9-10H2,1H3. The number of carbonyl (C=O) groups excluding carboxylic acids is 1. The lowest BCUT2D eigenvalue weighted by Crippen LogP contribution is -2.27. The maximum Gasteiger partial charge on any atom is 0.178 e.